The second-order valence-electron chi connectivity index (χ2n) is 3.35. The Morgan fingerprint density at radius 1 is 1.33 bits per heavy atom. The van der Waals surface area contributed by atoms with Crippen LogP contribution in [0.25, 0.3) is 0 Å². The Labute approximate surface area is 91.2 Å². The molecule has 0 aliphatic heterocycles. The second-order valence-corrected chi connectivity index (χ2v) is 3.35. The maximum absolute atomic E-state index is 12.0. The van der Waals surface area contributed by atoms with Gasteiger partial charge >= 0.3 is 0 Å². The van der Waals surface area contributed by atoms with Crippen LogP contribution in [0.2, 0.25) is 0 Å². The highest BCUT2D eigenvalue weighted by atomic mass is 16.2. The van der Waals surface area contributed by atoms with Crippen molar-refractivity contribution < 1.29 is 4.79 Å². The molecular formula is C13H17NO. The molecule has 0 saturated heterocycles. The summed E-state index contributed by atoms with van der Waals surface area (Å²) in [6.07, 6.45) is 4.68. The number of rotatable bonds is 4. The predicted octanol–water partition coefficient (Wildman–Crippen LogP) is 3.07. The van der Waals surface area contributed by atoms with E-state index < -0.39 is 0 Å². The summed E-state index contributed by atoms with van der Waals surface area (Å²) >= 11 is 0. The molecule has 0 spiro atoms. The van der Waals surface area contributed by atoms with Crippen LogP contribution in [0.4, 0.5) is 0 Å². The Balaban J connectivity index is 2.81. The van der Waals surface area contributed by atoms with Crippen molar-refractivity contribution in [2.75, 3.05) is 6.54 Å². The topological polar surface area (TPSA) is 20.3 Å². The summed E-state index contributed by atoms with van der Waals surface area (Å²) in [5.74, 6) is 0.0653. The van der Waals surface area contributed by atoms with Crippen LogP contribution in [0.5, 0.6) is 0 Å². The van der Waals surface area contributed by atoms with Crippen molar-refractivity contribution in [1.82, 2.24) is 4.90 Å². The van der Waals surface area contributed by atoms with Crippen molar-refractivity contribution in [2.45, 2.75) is 20.3 Å². The lowest BCUT2D eigenvalue weighted by Crippen LogP contribution is -2.26. The van der Waals surface area contributed by atoms with Crippen molar-refractivity contribution in [3.05, 3.63) is 48.2 Å². The number of allylic oxidation sites excluding steroid dienone is 1. The van der Waals surface area contributed by atoms with E-state index in [1.165, 1.54) is 0 Å². The first-order valence-electron chi connectivity index (χ1n) is 5.28. The highest BCUT2D eigenvalue weighted by molar-refractivity contribution is 5.94. The molecule has 1 aromatic rings. The molecule has 0 heterocycles. The molecule has 0 aromatic heterocycles. The maximum atomic E-state index is 12.0. The number of nitrogens with zero attached hydrogens (tertiary/aromatic N) is 1. The van der Waals surface area contributed by atoms with Crippen LogP contribution in [-0.2, 0) is 0 Å². The van der Waals surface area contributed by atoms with Gasteiger partial charge in [-0.3, -0.25) is 4.79 Å². The van der Waals surface area contributed by atoms with Gasteiger partial charge in [0.1, 0.15) is 0 Å². The number of carbonyl (C=O) groups is 1. The van der Waals surface area contributed by atoms with Crippen LogP contribution in [0.15, 0.2) is 42.6 Å². The lowest BCUT2D eigenvalue weighted by Gasteiger charge is -2.17. The number of amides is 1. The average molecular weight is 203 g/mol. The van der Waals surface area contributed by atoms with E-state index in [-0.39, 0.29) is 5.91 Å². The van der Waals surface area contributed by atoms with Gasteiger partial charge in [-0.2, -0.15) is 0 Å². The molecule has 15 heavy (non-hydrogen) atoms. The summed E-state index contributed by atoms with van der Waals surface area (Å²) in [4.78, 5) is 13.7. The average Bonchev–Trinajstić information content (AvgIpc) is 2.29. The van der Waals surface area contributed by atoms with Crippen LogP contribution in [0.3, 0.4) is 0 Å². The monoisotopic (exact) mass is 203 g/mol. The van der Waals surface area contributed by atoms with Gasteiger partial charge in [0.25, 0.3) is 5.91 Å². The van der Waals surface area contributed by atoms with Gasteiger partial charge in [-0.15, -0.1) is 0 Å². The fraction of sp³-hybridized carbons (Fsp3) is 0.308. The van der Waals surface area contributed by atoms with E-state index >= 15 is 0 Å². The highest BCUT2D eigenvalue weighted by Gasteiger charge is 2.10. The van der Waals surface area contributed by atoms with Crippen molar-refractivity contribution in [3.63, 3.8) is 0 Å². The van der Waals surface area contributed by atoms with Gasteiger partial charge < -0.3 is 4.90 Å². The Hall–Kier alpha value is -1.57. The zero-order chi connectivity index (χ0) is 11.1. The van der Waals surface area contributed by atoms with Gasteiger partial charge in [0, 0.05) is 18.3 Å². The van der Waals surface area contributed by atoms with Crippen LogP contribution in [0.1, 0.15) is 30.6 Å². The maximum Gasteiger partial charge on any atom is 0.257 e. The Kier molecular flexibility index (Phi) is 4.61. The van der Waals surface area contributed by atoms with Crippen LogP contribution in [-0.4, -0.2) is 17.4 Å². The third-order valence-corrected chi connectivity index (χ3v) is 2.08. The van der Waals surface area contributed by atoms with Crippen molar-refractivity contribution in [1.29, 1.82) is 0 Å². The normalized spacial score (nSPS) is 10.5. The first kappa shape index (κ1) is 11.5. The van der Waals surface area contributed by atoms with E-state index in [1.807, 2.05) is 49.5 Å². The summed E-state index contributed by atoms with van der Waals surface area (Å²) in [7, 11) is 0. The standard InChI is InChI=1S/C13H17NO/c1-3-10-14(11-4-2)13(15)12-8-6-5-7-9-12/h3,5-10H,4,11H2,1-2H3. The van der Waals surface area contributed by atoms with E-state index in [9.17, 15) is 4.79 Å². The summed E-state index contributed by atoms with van der Waals surface area (Å²) in [5.41, 5.74) is 0.740. The summed E-state index contributed by atoms with van der Waals surface area (Å²) in [6.45, 7) is 4.74. The number of benzene rings is 1. The van der Waals surface area contributed by atoms with Crippen molar-refractivity contribution in [2.24, 2.45) is 0 Å². The van der Waals surface area contributed by atoms with E-state index in [4.69, 9.17) is 0 Å². The molecule has 1 rings (SSSR count). The molecule has 2 nitrogen and oxygen atoms in total. The Morgan fingerprint density at radius 3 is 2.53 bits per heavy atom. The van der Waals surface area contributed by atoms with Gasteiger partial charge in [-0.25, -0.2) is 0 Å². The molecule has 0 N–H and O–H groups in total. The molecule has 0 aliphatic carbocycles. The lowest BCUT2D eigenvalue weighted by atomic mass is 10.2. The van der Waals surface area contributed by atoms with Gasteiger partial charge in [0.2, 0.25) is 0 Å². The van der Waals surface area contributed by atoms with Crippen LogP contribution >= 0.6 is 0 Å². The first-order chi connectivity index (χ1) is 7.29. The summed E-state index contributed by atoms with van der Waals surface area (Å²) in [5, 5.41) is 0. The van der Waals surface area contributed by atoms with Gasteiger partial charge in [0.05, 0.1) is 0 Å². The van der Waals surface area contributed by atoms with E-state index in [0.29, 0.717) is 0 Å². The zero-order valence-electron chi connectivity index (χ0n) is 9.31. The summed E-state index contributed by atoms with van der Waals surface area (Å²) in [6, 6.07) is 9.36. The Morgan fingerprint density at radius 2 is 2.00 bits per heavy atom. The smallest absolute Gasteiger partial charge is 0.257 e. The Bertz CT molecular complexity index is 330. The lowest BCUT2D eigenvalue weighted by molar-refractivity contribution is 0.0822. The van der Waals surface area contributed by atoms with Crippen molar-refractivity contribution >= 4 is 5.91 Å². The minimum atomic E-state index is 0.0653. The zero-order valence-corrected chi connectivity index (χ0v) is 9.31. The molecule has 0 bridgehead atoms. The molecule has 0 radical (unpaired) electrons. The molecule has 0 unspecified atom stereocenters. The van der Waals surface area contributed by atoms with E-state index in [2.05, 4.69) is 6.92 Å². The van der Waals surface area contributed by atoms with Gasteiger partial charge in [-0.1, -0.05) is 31.2 Å². The summed E-state index contributed by atoms with van der Waals surface area (Å²) < 4.78 is 0. The fourth-order valence-corrected chi connectivity index (χ4v) is 1.41. The minimum absolute atomic E-state index is 0.0653. The first-order valence-corrected chi connectivity index (χ1v) is 5.28. The minimum Gasteiger partial charge on any atom is -0.315 e. The SMILES string of the molecule is CC=CN(CCC)C(=O)c1ccccc1. The molecule has 1 amide bonds. The molecule has 2 heteroatoms. The molecule has 0 atom stereocenters. The van der Waals surface area contributed by atoms with Crippen LogP contribution < -0.4 is 0 Å². The van der Waals surface area contributed by atoms with E-state index in [1.54, 1.807) is 4.90 Å². The fourth-order valence-electron chi connectivity index (χ4n) is 1.41. The highest BCUT2D eigenvalue weighted by Crippen LogP contribution is 2.05. The van der Waals surface area contributed by atoms with Gasteiger partial charge in [0.15, 0.2) is 0 Å². The molecule has 0 saturated carbocycles. The molecular weight excluding hydrogens is 186 g/mol. The molecule has 0 aliphatic rings. The quantitative estimate of drug-likeness (QED) is 0.736. The number of carbonyl (C=O) groups excluding carboxylic acids is 1. The number of hydrogen-bond donors (Lipinski definition) is 0. The number of hydrogen-bond acceptors (Lipinski definition) is 1. The largest absolute Gasteiger partial charge is 0.315 e. The van der Waals surface area contributed by atoms with Crippen LogP contribution in [0, 0.1) is 0 Å². The molecule has 0 fully saturated rings. The van der Waals surface area contributed by atoms with Crippen molar-refractivity contribution in [3.8, 4) is 0 Å². The second kappa shape index (κ2) is 6.02. The molecule has 80 valence electrons. The van der Waals surface area contributed by atoms with Gasteiger partial charge in [-0.05, 0) is 25.5 Å². The molecule has 1 aromatic carbocycles. The third kappa shape index (κ3) is 3.24. The third-order valence-electron chi connectivity index (χ3n) is 2.08. The predicted molar refractivity (Wildman–Crippen MR) is 62.6 cm³/mol. The van der Waals surface area contributed by atoms with E-state index in [0.717, 1.165) is 18.5 Å².